The number of carboxylic acid groups (broad SMARTS) is 1. The summed E-state index contributed by atoms with van der Waals surface area (Å²) >= 11 is 0. The number of carbonyl (C=O) groups excluding carboxylic acids is 4. The van der Waals surface area contributed by atoms with Crippen molar-refractivity contribution in [1.29, 1.82) is 0 Å². The van der Waals surface area contributed by atoms with Crippen molar-refractivity contribution in [2.75, 3.05) is 6.67 Å². The molecule has 3 amide bonds. The van der Waals surface area contributed by atoms with E-state index in [4.69, 9.17) is 14.4 Å². The number of aromatic carboxylic acids is 1. The largest absolute Gasteiger partial charge is 0.478 e. The second kappa shape index (κ2) is 15.8. The number of hydrogen-bond acceptors (Lipinski definition) is 7. The van der Waals surface area contributed by atoms with Gasteiger partial charge in [0.2, 0.25) is 12.3 Å². The number of nitrogens with one attached hydrogen (secondary N) is 2. The lowest BCUT2D eigenvalue weighted by atomic mass is 9.90. The number of nitrogens with zero attached hydrogens (tertiary/aromatic N) is 1. The molecule has 0 aliphatic carbocycles. The lowest BCUT2D eigenvalue weighted by Crippen LogP contribution is -2.49. The first-order chi connectivity index (χ1) is 20.3. The molecule has 2 unspecified atom stereocenters. The third-order valence-electron chi connectivity index (χ3n) is 6.72. The van der Waals surface area contributed by atoms with E-state index in [1.165, 1.54) is 18.2 Å². The molecule has 222 valence electrons. The molecule has 0 fully saturated rings. The summed E-state index contributed by atoms with van der Waals surface area (Å²) in [5, 5.41) is 15.2. The lowest BCUT2D eigenvalue weighted by molar-refractivity contribution is -0.171. The minimum atomic E-state index is -1.05. The minimum absolute atomic E-state index is 0.00689. The Morgan fingerprint density at radius 1 is 0.929 bits per heavy atom. The first kappa shape index (κ1) is 31.6. The van der Waals surface area contributed by atoms with Crippen molar-refractivity contribution in [3.8, 4) is 11.3 Å². The Hall–Kier alpha value is -4.93. The Bertz CT molecular complexity index is 1350. The molecule has 0 saturated carbocycles. The van der Waals surface area contributed by atoms with Crippen molar-refractivity contribution in [2.45, 2.75) is 52.0 Å². The van der Waals surface area contributed by atoms with E-state index in [1.807, 2.05) is 6.92 Å². The Balaban J connectivity index is 1.63. The zero-order valence-electron chi connectivity index (χ0n) is 23.6. The number of hydrogen-bond donors (Lipinski definition) is 3. The highest BCUT2D eigenvalue weighted by molar-refractivity contribution is 5.92. The summed E-state index contributed by atoms with van der Waals surface area (Å²) in [6.45, 7) is 3.63. The molecule has 11 nitrogen and oxygen atoms in total. The highest BCUT2D eigenvalue weighted by Gasteiger charge is 2.33. The summed E-state index contributed by atoms with van der Waals surface area (Å²) in [4.78, 5) is 66.9. The average molecular weight is 578 g/mol. The second-order valence-electron chi connectivity index (χ2n) is 9.56. The SMILES string of the molecule is CCCCCC(C(=O)NCNC(=O)c1ccc(-c2ccc(C(=O)O)cc2)o1)C(CC)N(C=O)OC(=O)c1ccccc1. The van der Waals surface area contributed by atoms with Gasteiger partial charge in [-0.2, -0.15) is 5.06 Å². The van der Waals surface area contributed by atoms with Crippen molar-refractivity contribution in [3.05, 3.63) is 83.6 Å². The van der Waals surface area contributed by atoms with Crippen molar-refractivity contribution in [1.82, 2.24) is 15.7 Å². The highest BCUT2D eigenvalue weighted by Crippen LogP contribution is 2.24. The molecule has 0 aliphatic rings. The van der Waals surface area contributed by atoms with Gasteiger partial charge in [-0.15, -0.1) is 0 Å². The van der Waals surface area contributed by atoms with Gasteiger partial charge in [-0.3, -0.25) is 14.4 Å². The standard InChI is InChI=1S/C31H35N3O8/c1-3-5-7-12-24(25(4-2)34(20-35)42-31(40)23-10-8-6-9-11-23)28(36)32-19-33-29(37)27-18-17-26(41-27)21-13-15-22(16-14-21)30(38)39/h6,8-11,13-18,20,24-25H,3-5,7,12,19H2,1-2H3,(H,32,36)(H,33,37)(H,38,39). The molecule has 2 aromatic carbocycles. The van der Waals surface area contributed by atoms with Crippen LogP contribution >= 0.6 is 0 Å². The van der Waals surface area contributed by atoms with Crippen molar-refractivity contribution < 1.29 is 38.3 Å². The van der Waals surface area contributed by atoms with Crippen LogP contribution in [0.3, 0.4) is 0 Å². The van der Waals surface area contributed by atoms with E-state index in [-0.39, 0.29) is 23.6 Å². The Kier molecular flexibility index (Phi) is 11.8. The zero-order valence-corrected chi connectivity index (χ0v) is 23.6. The number of hydroxylamine groups is 2. The summed E-state index contributed by atoms with van der Waals surface area (Å²) in [5.41, 5.74) is 0.996. The predicted octanol–water partition coefficient (Wildman–Crippen LogP) is 4.65. The van der Waals surface area contributed by atoms with Gasteiger partial charge in [0.15, 0.2) is 5.76 Å². The number of carboxylic acids is 1. The van der Waals surface area contributed by atoms with Crippen LogP contribution in [0.25, 0.3) is 11.3 Å². The number of unbranched alkanes of at least 4 members (excludes halogenated alkanes) is 2. The zero-order chi connectivity index (χ0) is 30.5. The molecule has 11 heteroatoms. The van der Waals surface area contributed by atoms with Crippen LogP contribution in [0.5, 0.6) is 0 Å². The van der Waals surface area contributed by atoms with E-state index in [2.05, 4.69) is 10.6 Å². The predicted molar refractivity (Wildman–Crippen MR) is 153 cm³/mol. The quantitative estimate of drug-likeness (QED) is 0.0961. The van der Waals surface area contributed by atoms with Crippen LogP contribution in [0.15, 0.2) is 71.1 Å². The fourth-order valence-electron chi connectivity index (χ4n) is 4.47. The third kappa shape index (κ3) is 8.53. The Morgan fingerprint density at radius 2 is 1.64 bits per heavy atom. The van der Waals surface area contributed by atoms with Crippen LogP contribution in [-0.4, -0.2) is 53.0 Å². The monoisotopic (exact) mass is 577 g/mol. The summed E-state index contributed by atoms with van der Waals surface area (Å²) in [5.74, 6) is -3.04. The van der Waals surface area contributed by atoms with Crippen LogP contribution in [-0.2, 0) is 14.4 Å². The number of benzene rings is 2. The van der Waals surface area contributed by atoms with Crippen LogP contribution in [0.2, 0.25) is 0 Å². The topological polar surface area (TPSA) is 155 Å². The molecule has 42 heavy (non-hydrogen) atoms. The highest BCUT2D eigenvalue weighted by atomic mass is 16.7. The van der Waals surface area contributed by atoms with Gasteiger partial charge >= 0.3 is 11.9 Å². The minimum Gasteiger partial charge on any atom is -0.478 e. The van der Waals surface area contributed by atoms with Crippen LogP contribution in [0, 0.1) is 5.92 Å². The molecule has 0 saturated heterocycles. The van der Waals surface area contributed by atoms with E-state index >= 15 is 0 Å². The van der Waals surface area contributed by atoms with Crippen molar-refractivity contribution in [2.24, 2.45) is 5.92 Å². The summed E-state index contributed by atoms with van der Waals surface area (Å²) in [6.07, 6.45) is 3.72. The fraction of sp³-hybridized carbons (Fsp3) is 0.323. The van der Waals surface area contributed by atoms with Crippen LogP contribution in [0.4, 0.5) is 0 Å². The third-order valence-corrected chi connectivity index (χ3v) is 6.72. The molecule has 3 aromatic rings. The normalized spacial score (nSPS) is 12.0. The molecule has 0 spiro atoms. The Morgan fingerprint density at radius 3 is 2.26 bits per heavy atom. The second-order valence-corrected chi connectivity index (χ2v) is 9.56. The maximum absolute atomic E-state index is 13.3. The molecule has 2 atom stereocenters. The average Bonchev–Trinajstić information content (AvgIpc) is 3.51. The number of amides is 3. The van der Waals surface area contributed by atoms with Crippen LogP contribution < -0.4 is 10.6 Å². The van der Waals surface area contributed by atoms with Gasteiger partial charge in [-0.25, -0.2) is 9.59 Å². The van der Waals surface area contributed by atoms with Gasteiger partial charge in [0.25, 0.3) is 5.91 Å². The maximum Gasteiger partial charge on any atom is 0.363 e. The lowest BCUT2D eigenvalue weighted by Gasteiger charge is -2.31. The molecule has 1 heterocycles. The van der Waals surface area contributed by atoms with Gasteiger partial charge in [0.05, 0.1) is 29.8 Å². The molecule has 3 rings (SSSR count). The van der Waals surface area contributed by atoms with E-state index in [9.17, 15) is 24.0 Å². The number of rotatable bonds is 16. The summed E-state index contributed by atoms with van der Waals surface area (Å²) in [7, 11) is 0. The van der Waals surface area contributed by atoms with Gasteiger partial charge < -0.3 is 25.0 Å². The van der Waals surface area contributed by atoms with E-state index in [0.717, 1.165) is 24.3 Å². The van der Waals surface area contributed by atoms with E-state index in [1.54, 1.807) is 55.5 Å². The van der Waals surface area contributed by atoms with Crippen molar-refractivity contribution in [3.63, 3.8) is 0 Å². The summed E-state index contributed by atoms with van der Waals surface area (Å²) in [6, 6.07) is 16.6. The number of carbonyl (C=O) groups is 5. The first-order valence-corrected chi connectivity index (χ1v) is 13.8. The van der Waals surface area contributed by atoms with Crippen molar-refractivity contribution >= 4 is 30.2 Å². The summed E-state index contributed by atoms with van der Waals surface area (Å²) < 4.78 is 5.61. The molecule has 0 radical (unpaired) electrons. The Labute approximate surface area is 243 Å². The molecule has 3 N–H and O–H groups in total. The number of furan rings is 1. The first-order valence-electron chi connectivity index (χ1n) is 13.8. The van der Waals surface area contributed by atoms with E-state index < -0.39 is 35.7 Å². The molecular formula is C31H35N3O8. The molecule has 0 bridgehead atoms. The smallest absolute Gasteiger partial charge is 0.363 e. The molecule has 0 aliphatic heterocycles. The van der Waals surface area contributed by atoms with Gasteiger partial charge in [-0.05, 0) is 49.2 Å². The van der Waals surface area contributed by atoms with Crippen LogP contribution in [0.1, 0.15) is 77.2 Å². The van der Waals surface area contributed by atoms with Gasteiger partial charge in [-0.1, -0.05) is 63.4 Å². The van der Waals surface area contributed by atoms with Gasteiger partial charge in [0.1, 0.15) is 5.76 Å². The molecule has 1 aromatic heterocycles. The van der Waals surface area contributed by atoms with Gasteiger partial charge in [0, 0.05) is 5.56 Å². The maximum atomic E-state index is 13.3. The molecular weight excluding hydrogens is 542 g/mol. The van der Waals surface area contributed by atoms with E-state index in [0.29, 0.717) is 30.6 Å². The fourth-order valence-corrected chi connectivity index (χ4v) is 4.47.